The highest BCUT2D eigenvalue weighted by atomic mass is 79.9. The molecule has 1 aromatic rings. The lowest BCUT2D eigenvalue weighted by molar-refractivity contribution is 0.160. The summed E-state index contributed by atoms with van der Waals surface area (Å²) < 4.78 is 1.02. The van der Waals surface area contributed by atoms with E-state index in [-0.39, 0.29) is 6.10 Å². The van der Waals surface area contributed by atoms with Crippen molar-refractivity contribution in [3.05, 3.63) is 33.3 Å². The molecule has 0 saturated carbocycles. The lowest BCUT2D eigenvalue weighted by Gasteiger charge is -2.11. The lowest BCUT2D eigenvalue weighted by atomic mass is 10.2. The van der Waals surface area contributed by atoms with Crippen LogP contribution in [0.4, 0.5) is 0 Å². The summed E-state index contributed by atoms with van der Waals surface area (Å²) in [6.45, 7) is 3.35. The summed E-state index contributed by atoms with van der Waals surface area (Å²) in [4.78, 5) is 0. The maximum absolute atomic E-state index is 9.55. The van der Waals surface area contributed by atoms with Crippen LogP contribution in [-0.4, -0.2) is 17.8 Å². The Bertz CT molecular complexity index is 333. The quantitative estimate of drug-likeness (QED) is 0.845. The molecule has 90 valence electrons. The molecule has 0 aliphatic rings. The van der Waals surface area contributed by atoms with Crippen molar-refractivity contribution in [1.82, 2.24) is 5.32 Å². The van der Waals surface area contributed by atoms with Gasteiger partial charge in [0, 0.05) is 22.6 Å². The molecule has 0 aliphatic carbocycles. The van der Waals surface area contributed by atoms with E-state index in [0.29, 0.717) is 13.1 Å². The largest absolute Gasteiger partial charge is 0.392 e. The third-order valence-corrected chi connectivity index (χ3v) is 3.19. The van der Waals surface area contributed by atoms with Crippen LogP contribution in [0.1, 0.15) is 25.3 Å². The maximum Gasteiger partial charge on any atom is 0.0664 e. The highest BCUT2D eigenvalue weighted by Gasteiger charge is 2.04. The van der Waals surface area contributed by atoms with Crippen molar-refractivity contribution in [2.45, 2.75) is 32.4 Å². The molecule has 0 radical (unpaired) electrons. The van der Waals surface area contributed by atoms with Gasteiger partial charge in [0.15, 0.2) is 0 Å². The average molecular weight is 307 g/mol. The average Bonchev–Trinajstić information content (AvgIpc) is 2.23. The Kier molecular flexibility index (Phi) is 6.36. The standard InChI is InChI=1S/C12H17BrClNO/c1-2-3-11(16)8-15-7-9-6-10(13)4-5-12(9)14/h4-6,11,15-16H,2-3,7-8H2,1H3. The van der Waals surface area contributed by atoms with Crippen molar-refractivity contribution >= 4 is 27.5 Å². The molecule has 0 aliphatic heterocycles. The van der Waals surface area contributed by atoms with Crippen molar-refractivity contribution < 1.29 is 5.11 Å². The minimum absolute atomic E-state index is 0.268. The number of nitrogens with one attached hydrogen (secondary N) is 1. The number of hydrogen-bond donors (Lipinski definition) is 2. The molecule has 4 heteroatoms. The second-order valence-electron chi connectivity index (χ2n) is 3.81. The Morgan fingerprint density at radius 1 is 1.50 bits per heavy atom. The van der Waals surface area contributed by atoms with Crippen LogP contribution in [0.2, 0.25) is 5.02 Å². The molecule has 1 rings (SSSR count). The molecule has 0 bridgehead atoms. The van der Waals surface area contributed by atoms with Crippen molar-refractivity contribution in [2.75, 3.05) is 6.54 Å². The number of hydrogen-bond acceptors (Lipinski definition) is 2. The van der Waals surface area contributed by atoms with Crippen LogP contribution in [0.3, 0.4) is 0 Å². The number of halogens is 2. The first-order valence-electron chi connectivity index (χ1n) is 5.46. The molecule has 0 aromatic heterocycles. The Balaban J connectivity index is 2.39. The normalized spacial score (nSPS) is 12.8. The van der Waals surface area contributed by atoms with Gasteiger partial charge in [-0.2, -0.15) is 0 Å². The highest BCUT2D eigenvalue weighted by Crippen LogP contribution is 2.20. The van der Waals surface area contributed by atoms with Crippen LogP contribution in [0.5, 0.6) is 0 Å². The number of rotatable bonds is 6. The first kappa shape index (κ1) is 14.0. The predicted octanol–water partition coefficient (Wildman–Crippen LogP) is 3.35. The monoisotopic (exact) mass is 305 g/mol. The van der Waals surface area contributed by atoms with Gasteiger partial charge < -0.3 is 10.4 Å². The van der Waals surface area contributed by atoms with Gasteiger partial charge in [-0.1, -0.05) is 40.9 Å². The molecule has 16 heavy (non-hydrogen) atoms. The molecule has 0 fully saturated rings. The number of aliphatic hydroxyl groups excluding tert-OH is 1. The fraction of sp³-hybridized carbons (Fsp3) is 0.500. The Labute approximate surface area is 110 Å². The van der Waals surface area contributed by atoms with Crippen LogP contribution in [0, 0.1) is 0 Å². The second-order valence-corrected chi connectivity index (χ2v) is 5.13. The molecule has 2 nitrogen and oxygen atoms in total. The van der Waals surface area contributed by atoms with Gasteiger partial charge in [-0.15, -0.1) is 0 Å². The topological polar surface area (TPSA) is 32.3 Å². The van der Waals surface area contributed by atoms with Crippen LogP contribution in [-0.2, 0) is 6.54 Å². The summed E-state index contributed by atoms with van der Waals surface area (Å²) in [6, 6.07) is 5.77. The fourth-order valence-corrected chi connectivity index (χ4v) is 2.08. The fourth-order valence-electron chi connectivity index (χ4n) is 1.49. The molecule has 1 unspecified atom stereocenters. The van der Waals surface area contributed by atoms with Crippen molar-refractivity contribution in [2.24, 2.45) is 0 Å². The van der Waals surface area contributed by atoms with Gasteiger partial charge in [-0.25, -0.2) is 0 Å². The number of aliphatic hydroxyl groups is 1. The smallest absolute Gasteiger partial charge is 0.0664 e. The summed E-state index contributed by atoms with van der Waals surface area (Å²) in [5.74, 6) is 0. The van der Waals surface area contributed by atoms with E-state index in [1.54, 1.807) is 0 Å². The summed E-state index contributed by atoms with van der Waals surface area (Å²) in [5.41, 5.74) is 1.04. The maximum atomic E-state index is 9.55. The zero-order chi connectivity index (χ0) is 12.0. The van der Waals surface area contributed by atoms with E-state index >= 15 is 0 Å². The van der Waals surface area contributed by atoms with Crippen LogP contribution in [0.15, 0.2) is 22.7 Å². The summed E-state index contributed by atoms with van der Waals surface area (Å²) in [5, 5.41) is 13.5. The van der Waals surface area contributed by atoms with E-state index in [2.05, 4.69) is 28.2 Å². The molecule has 1 atom stereocenters. The molecule has 2 N–H and O–H groups in total. The summed E-state index contributed by atoms with van der Waals surface area (Å²) in [7, 11) is 0. The molecule has 0 spiro atoms. The summed E-state index contributed by atoms with van der Waals surface area (Å²) in [6.07, 6.45) is 1.57. The third-order valence-electron chi connectivity index (χ3n) is 2.33. The predicted molar refractivity (Wildman–Crippen MR) is 71.8 cm³/mol. The molecular weight excluding hydrogens is 289 g/mol. The van der Waals surface area contributed by atoms with Crippen LogP contribution < -0.4 is 5.32 Å². The van der Waals surface area contributed by atoms with Crippen molar-refractivity contribution in [1.29, 1.82) is 0 Å². The zero-order valence-electron chi connectivity index (χ0n) is 9.34. The third kappa shape index (κ3) is 4.83. The van der Waals surface area contributed by atoms with E-state index < -0.39 is 0 Å². The molecule has 0 saturated heterocycles. The minimum atomic E-state index is -0.268. The van der Waals surface area contributed by atoms with Crippen molar-refractivity contribution in [3.63, 3.8) is 0 Å². The van der Waals surface area contributed by atoms with Gasteiger partial charge in [0.25, 0.3) is 0 Å². The van der Waals surface area contributed by atoms with Gasteiger partial charge in [0.1, 0.15) is 0 Å². The van der Waals surface area contributed by atoms with Gasteiger partial charge >= 0.3 is 0 Å². The number of benzene rings is 1. The first-order chi connectivity index (χ1) is 7.63. The van der Waals surface area contributed by atoms with E-state index in [1.165, 1.54) is 0 Å². The van der Waals surface area contributed by atoms with Crippen LogP contribution >= 0.6 is 27.5 Å². The highest BCUT2D eigenvalue weighted by molar-refractivity contribution is 9.10. The second kappa shape index (κ2) is 7.28. The molecule has 0 heterocycles. The lowest BCUT2D eigenvalue weighted by Crippen LogP contribution is -2.26. The van der Waals surface area contributed by atoms with E-state index in [0.717, 1.165) is 27.9 Å². The van der Waals surface area contributed by atoms with E-state index in [4.69, 9.17) is 11.6 Å². The SMILES string of the molecule is CCCC(O)CNCc1cc(Br)ccc1Cl. The Hall–Kier alpha value is -0.0900. The van der Waals surface area contributed by atoms with Crippen molar-refractivity contribution in [3.8, 4) is 0 Å². The van der Waals surface area contributed by atoms with Gasteiger partial charge in [-0.3, -0.25) is 0 Å². The van der Waals surface area contributed by atoms with E-state index in [1.807, 2.05) is 18.2 Å². The Morgan fingerprint density at radius 3 is 2.94 bits per heavy atom. The van der Waals surface area contributed by atoms with Gasteiger partial charge in [0.05, 0.1) is 6.10 Å². The minimum Gasteiger partial charge on any atom is -0.392 e. The zero-order valence-corrected chi connectivity index (χ0v) is 11.7. The molecule has 1 aromatic carbocycles. The van der Waals surface area contributed by atoms with Crippen LogP contribution in [0.25, 0.3) is 0 Å². The summed E-state index contributed by atoms with van der Waals surface area (Å²) >= 11 is 9.46. The first-order valence-corrected chi connectivity index (χ1v) is 6.63. The van der Waals surface area contributed by atoms with E-state index in [9.17, 15) is 5.11 Å². The molecular formula is C12H17BrClNO. The Morgan fingerprint density at radius 2 is 2.25 bits per heavy atom. The molecule has 0 amide bonds. The van der Waals surface area contributed by atoms with Gasteiger partial charge in [0.2, 0.25) is 0 Å². The van der Waals surface area contributed by atoms with Gasteiger partial charge in [-0.05, 0) is 30.2 Å².